The van der Waals surface area contributed by atoms with Gasteiger partial charge in [-0.3, -0.25) is 4.79 Å². The van der Waals surface area contributed by atoms with Gasteiger partial charge in [0, 0.05) is 52.4 Å². The van der Waals surface area contributed by atoms with Gasteiger partial charge in [0.25, 0.3) is 0 Å². The van der Waals surface area contributed by atoms with E-state index in [1.165, 1.54) is 5.56 Å². The van der Waals surface area contributed by atoms with Gasteiger partial charge in [-0.1, -0.05) is 30.3 Å². The largest absolute Gasteiger partial charge is 0.490 e. The number of carbonyl (C=O) groups excluding carboxylic acids is 1. The molecule has 41 heavy (non-hydrogen) atoms. The third kappa shape index (κ3) is 9.15. The van der Waals surface area contributed by atoms with E-state index in [1.54, 1.807) is 7.11 Å². The maximum Gasteiger partial charge on any atom is 0.207 e. The van der Waals surface area contributed by atoms with Crippen LogP contribution in [0, 0.1) is 5.92 Å². The lowest BCUT2D eigenvalue weighted by Crippen LogP contribution is -2.49. The molecule has 4 rings (SSSR count). The maximum absolute atomic E-state index is 11.1. The van der Waals surface area contributed by atoms with E-state index in [4.69, 9.17) is 23.7 Å². The number of piperidine rings is 1. The molecular formula is C32H47N3O6. The molecule has 0 bridgehead atoms. The van der Waals surface area contributed by atoms with Crippen LogP contribution in [0.3, 0.4) is 0 Å². The van der Waals surface area contributed by atoms with Gasteiger partial charge in [-0.15, -0.1) is 0 Å². The van der Waals surface area contributed by atoms with Crippen LogP contribution in [0.1, 0.15) is 42.9 Å². The molecule has 0 aliphatic carbocycles. The SMILES string of the molecule is CCOC(C)COCc1ccc([C@H]2[C@H](CNC=O)CNC[C@@H]2OCc2ccc3c(c2)N(CCCOC)CCO3)cc1. The predicted octanol–water partition coefficient (Wildman–Crippen LogP) is 3.50. The molecule has 2 N–H and O–H groups in total. The van der Waals surface area contributed by atoms with Gasteiger partial charge < -0.3 is 39.2 Å². The van der Waals surface area contributed by atoms with E-state index in [0.29, 0.717) is 39.6 Å². The van der Waals surface area contributed by atoms with E-state index >= 15 is 0 Å². The quantitative estimate of drug-likeness (QED) is 0.221. The van der Waals surface area contributed by atoms with Crippen molar-refractivity contribution in [2.75, 3.05) is 71.2 Å². The number of fused-ring (bicyclic) bond motifs is 1. The summed E-state index contributed by atoms with van der Waals surface area (Å²) in [7, 11) is 1.74. The number of anilines is 1. The molecule has 2 aromatic carbocycles. The number of hydrogen-bond acceptors (Lipinski definition) is 8. The van der Waals surface area contributed by atoms with Gasteiger partial charge in [-0.05, 0) is 55.0 Å². The first-order valence-electron chi connectivity index (χ1n) is 14.9. The first-order valence-corrected chi connectivity index (χ1v) is 14.9. The van der Waals surface area contributed by atoms with E-state index in [1.807, 2.05) is 13.8 Å². The Balaban J connectivity index is 1.43. The van der Waals surface area contributed by atoms with Gasteiger partial charge in [0.1, 0.15) is 12.4 Å². The summed E-state index contributed by atoms with van der Waals surface area (Å²) in [6.45, 7) is 11.7. The standard InChI is InChI=1S/C32H47N3O6/c1-4-39-24(2)20-38-21-25-6-9-27(10-7-25)32-28(18-34-23-36)17-33-19-31(32)41-22-26-8-11-30-29(16-26)35(13-15-40-30)12-5-14-37-3/h6-11,16,23-24,28,31-33H,4-5,12-15,17-22H2,1-3H3,(H,34,36)/t24?,28-,31-,32-/m0/s1. The van der Waals surface area contributed by atoms with E-state index in [-0.39, 0.29) is 24.0 Å². The molecule has 2 aliphatic heterocycles. The lowest BCUT2D eigenvalue weighted by molar-refractivity contribution is -0.109. The third-order valence-corrected chi connectivity index (χ3v) is 7.78. The van der Waals surface area contributed by atoms with E-state index < -0.39 is 0 Å². The monoisotopic (exact) mass is 569 g/mol. The summed E-state index contributed by atoms with van der Waals surface area (Å²) in [4.78, 5) is 13.5. The minimum Gasteiger partial charge on any atom is -0.490 e. The smallest absolute Gasteiger partial charge is 0.207 e. The van der Waals surface area contributed by atoms with Crippen LogP contribution < -0.4 is 20.3 Å². The van der Waals surface area contributed by atoms with Crippen LogP contribution in [0.4, 0.5) is 5.69 Å². The van der Waals surface area contributed by atoms with Crippen LogP contribution in [0.15, 0.2) is 42.5 Å². The van der Waals surface area contributed by atoms with Crippen molar-refractivity contribution in [1.29, 1.82) is 0 Å². The van der Waals surface area contributed by atoms with Gasteiger partial charge in [-0.2, -0.15) is 0 Å². The Hall–Kier alpha value is -2.69. The maximum atomic E-state index is 11.1. The molecule has 226 valence electrons. The molecule has 2 aromatic rings. The normalized spacial score (nSPS) is 21.1. The minimum atomic E-state index is -0.0403. The highest BCUT2D eigenvalue weighted by atomic mass is 16.5. The summed E-state index contributed by atoms with van der Waals surface area (Å²) in [5.74, 6) is 1.27. The summed E-state index contributed by atoms with van der Waals surface area (Å²) in [5, 5.41) is 6.42. The Bertz CT molecular complexity index is 1050. The van der Waals surface area contributed by atoms with Crippen molar-refractivity contribution in [3.05, 3.63) is 59.2 Å². The number of nitrogens with one attached hydrogen (secondary N) is 2. The molecule has 0 aromatic heterocycles. The zero-order chi connectivity index (χ0) is 28.9. The number of rotatable bonds is 17. The molecule has 1 unspecified atom stereocenters. The van der Waals surface area contributed by atoms with Gasteiger partial charge >= 0.3 is 0 Å². The topological polar surface area (TPSA) is 90.5 Å². The fourth-order valence-corrected chi connectivity index (χ4v) is 5.77. The van der Waals surface area contributed by atoms with Crippen molar-refractivity contribution in [1.82, 2.24) is 10.6 Å². The number of benzene rings is 2. The Morgan fingerprint density at radius 2 is 1.98 bits per heavy atom. The Morgan fingerprint density at radius 3 is 2.76 bits per heavy atom. The number of carbonyl (C=O) groups is 1. The zero-order valence-electron chi connectivity index (χ0n) is 24.8. The molecule has 9 heteroatoms. The van der Waals surface area contributed by atoms with Crippen LogP contribution in [0.5, 0.6) is 5.75 Å². The van der Waals surface area contributed by atoms with Crippen LogP contribution >= 0.6 is 0 Å². The second-order valence-corrected chi connectivity index (χ2v) is 10.8. The highest BCUT2D eigenvalue weighted by Gasteiger charge is 2.35. The van der Waals surface area contributed by atoms with Crippen molar-refractivity contribution in [3.8, 4) is 5.75 Å². The molecule has 0 radical (unpaired) electrons. The molecule has 9 nitrogen and oxygen atoms in total. The molecule has 2 heterocycles. The van der Waals surface area contributed by atoms with E-state index in [0.717, 1.165) is 68.2 Å². The third-order valence-electron chi connectivity index (χ3n) is 7.78. The highest BCUT2D eigenvalue weighted by molar-refractivity contribution is 5.61. The Kier molecular flexibility index (Phi) is 12.7. The highest BCUT2D eigenvalue weighted by Crippen LogP contribution is 2.35. The zero-order valence-corrected chi connectivity index (χ0v) is 24.8. The summed E-state index contributed by atoms with van der Waals surface area (Å²) in [5.41, 5.74) is 4.57. The molecule has 2 aliphatic rings. The summed E-state index contributed by atoms with van der Waals surface area (Å²) >= 11 is 0. The van der Waals surface area contributed by atoms with E-state index in [9.17, 15) is 4.79 Å². The van der Waals surface area contributed by atoms with Crippen molar-refractivity contribution in [3.63, 3.8) is 0 Å². The van der Waals surface area contributed by atoms with Crippen molar-refractivity contribution >= 4 is 12.1 Å². The Morgan fingerprint density at radius 1 is 1.15 bits per heavy atom. The average molecular weight is 570 g/mol. The van der Waals surface area contributed by atoms with Crippen LogP contribution in [-0.4, -0.2) is 84.9 Å². The lowest BCUT2D eigenvalue weighted by Gasteiger charge is -2.39. The summed E-state index contributed by atoms with van der Waals surface area (Å²) < 4.78 is 29.2. The molecule has 4 atom stereocenters. The number of amides is 1. The number of ether oxygens (including phenoxy) is 5. The van der Waals surface area contributed by atoms with Gasteiger partial charge in [-0.25, -0.2) is 0 Å². The number of methoxy groups -OCH3 is 1. The molecular weight excluding hydrogens is 522 g/mol. The van der Waals surface area contributed by atoms with Crippen molar-refractivity contribution < 1.29 is 28.5 Å². The second kappa shape index (κ2) is 16.7. The molecule has 1 fully saturated rings. The first kappa shape index (κ1) is 31.3. The first-order chi connectivity index (χ1) is 20.1. The second-order valence-electron chi connectivity index (χ2n) is 10.8. The van der Waals surface area contributed by atoms with Crippen LogP contribution in [-0.2, 0) is 37.0 Å². The Labute approximate surface area is 244 Å². The van der Waals surface area contributed by atoms with Crippen molar-refractivity contribution in [2.45, 2.75) is 51.6 Å². The average Bonchev–Trinajstić information content (AvgIpc) is 2.99. The molecule has 1 amide bonds. The van der Waals surface area contributed by atoms with E-state index in [2.05, 4.69) is 58.0 Å². The predicted molar refractivity (Wildman–Crippen MR) is 160 cm³/mol. The van der Waals surface area contributed by atoms with Crippen LogP contribution in [0.2, 0.25) is 0 Å². The molecule has 1 saturated heterocycles. The lowest BCUT2D eigenvalue weighted by atomic mass is 9.79. The fraction of sp³-hybridized carbons (Fsp3) is 0.594. The van der Waals surface area contributed by atoms with Crippen LogP contribution in [0.25, 0.3) is 0 Å². The summed E-state index contributed by atoms with van der Waals surface area (Å²) in [6.07, 6.45) is 1.79. The number of hydrogen-bond donors (Lipinski definition) is 2. The minimum absolute atomic E-state index is 0.0403. The fourth-order valence-electron chi connectivity index (χ4n) is 5.77. The molecule has 0 spiro atoms. The van der Waals surface area contributed by atoms with Gasteiger partial charge in [0.2, 0.25) is 6.41 Å². The summed E-state index contributed by atoms with van der Waals surface area (Å²) in [6, 6.07) is 15.0. The van der Waals surface area contributed by atoms with Gasteiger partial charge in [0.05, 0.1) is 44.3 Å². The van der Waals surface area contributed by atoms with Crippen molar-refractivity contribution in [2.24, 2.45) is 5.92 Å². The molecule has 0 saturated carbocycles. The van der Waals surface area contributed by atoms with Gasteiger partial charge in [0.15, 0.2) is 0 Å². The number of nitrogens with zero attached hydrogens (tertiary/aromatic N) is 1.